The number of carbonyl (C=O) groups excluding carboxylic acids is 2. The molecule has 1 aliphatic heterocycles. The Balaban J connectivity index is 1.57. The van der Waals surface area contributed by atoms with E-state index in [1.165, 1.54) is 0 Å². The van der Waals surface area contributed by atoms with E-state index in [0.29, 0.717) is 33.3 Å². The molecule has 0 unspecified atom stereocenters. The van der Waals surface area contributed by atoms with Gasteiger partial charge in [-0.05, 0) is 60.2 Å². The summed E-state index contributed by atoms with van der Waals surface area (Å²) >= 11 is 6.00. The van der Waals surface area contributed by atoms with Gasteiger partial charge in [-0.15, -0.1) is 0 Å². The molecule has 0 bridgehead atoms. The van der Waals surface area contributed by atoms with Gasteiger partial charge in [-0.2, -0.15) is 0 Å². The van der Waals surface area contributed by atoms with Gasteiger partial charge in [-0.1, -0.05) is 29.8 Å². The number of benzene rings is 3. The van der Waals surface area contributed by atoms with E-state index in [1.807, 2.05) is 24.3 Å². The minimum Gasteiger partial charge on any atom is -0.497 e. The third-order valence-corrected chi connectivity index (χ3v) is 4.81. The van der Waals surface area contributed by atoms with Gasteiger partial charge in [0.25, 0.3) is 11.8 Å². The predicted molar refractivity (Wildman–Crippen MR) is 115 cm³/mol. The molecule has 1 aliphatic rings. The van der Waals surface area contributed by atoms with Gasteiger partial charge in [0, 0.05) is 27.4 Å². The highest BCUT2D eigenvalue weighted by Crippen LogP contribution is 2.35. The quantitative estimate of drug-likeness (QED) is 0.595. The summed E-state index contributed by atoms with van der Waals surface area (Å²) < 4.78 is 5.11. The van der Waals surface area contributed by atoms with Gasteiger partial charge in [0.2, 0.25) is 0 Å². The molecule has 144 valence electrons. The number of carbonyl (C=O) groups is 2. The van der Waals surface area contributed by atoms with Gasteiger partial charge in [0.1, 0.15) is 5.75 Å². The van der Waals surface area contributed by atoms with E-state index >= 15 is 0 Å². The van der Waals surface area contributed by atoms with Crippen molar-refractivity contribution >= 4 is 46.4 Å². The molecule has 0 saturated heterocycles. The van der Waals surface area contributed by atoms with Crippen LogP contribution in [0.15, 0.2) is 66.7 Å². The van der Waals surface area contributed by atoms with E-state index in [2.05, 4.69) is 10.6 Å². The lowest BCUT2D eigenvalue weighted by molar-refractivity contribution is -0.110. The highest BCUT2D eigenvalue weighted by molar-refractivity contribution is 6.36. The highest BCUT2D eigenvalue weighted by Gasteiger charge is 2.24. The Morgan fingerprint density at radius 2 is 1.86 bits per heavy atom. The first-order chi connectivity index (χ1) is 14.0. The lowest BCUT2D eigenvalue weighted by Gasteiger charge is -2.07. The normalized spacial score (nSPS) is 13.7. The molecule has 0 aromatic heterocycles. The fourth-order valence-electron chi connectivity index (χ4n) is 3.13. The topological polar surface area (TPSA) is 67.4 Å². The third kappa shape index (κ3) is 4.00. The zero-order chi connectivity index (χ0) is 20.4. The minimum absolute atomic E-state index is 0.185. The van der Waals surface area contributed by atoms with Crippen LogP contribution in [0.1, 0.15) is 21.5 Å². The number of amides is 2. The van der Waals surface area contributed by atoms with Crippen LogP contribution in [0.5, 0.6) is 5.75 Å². The van der Waals surface area contributed by atoms with Crippen LogP contribution in [0, 0.1) is 0 Å². The summed E-state index contributed by atoms with van der Waals surface area (Å²) in [5.74, 6) is 0.276. The van der Waals surface area contributed by atoms with Crippen LogP contribution in [0.3, 0.4) is 0 Å². The van der Waals surface area contributed by atoms with Crippen LogP contribution in [0.25, 0.3) is 11.6 Å². The number of halogens is 1. The van der Waals surface area contributed by atoms with Crippen molar-refractivity contribution < 1.29 is 14.3 Å². The number of fused-ring (bicyclic) bond motifs is 1. The molecule has 29 heavy (non-hydrogen) atoms. The lowest BCUT2D eigenvalue weighted by atomic mass is 10.0. The summed E-state index contributed by atoms with van der Waals surface area (Å²) in [5.41, 5.74) is 4.00. The number of hydrogen-bond donors (Lipinski definition) is 2. The molecule has 2 N–H and O–H groups in total. The maximum absolute atomic E-state index is 12.5. The van der Waals surface area contributed by atoms with Gasteiger partial charge in [0.05, 0.1) is 12.8 Å². The van der Waals surface area contributed by atoms with E-state index in [0.717, 1.165) is 11.1 Å². The minimum atomic E-state index is -0.226. The molecule has 3 aromatic carbocycles. The second-order valence-electron chi connectivity index (χ2n) is 6.51. The van der Waals surface area contributed by atoms with Crippen molar-refractivity contribution in [2.24, 2.45) is 0 Å². The zero-order valence-corrected chi connectivity index (χ0v) is 16.3. The van der Waals surface area contributed by atoms with Crippen molar-refractivity contribution in [2.75, 3.05) is 17.7 Å². The Morgan fingerprint density at radius 1 is 1.07 bits per heavy atom. The van der Waals surface area contributed by atoms with Gasteiger partial charge < -0.3 is 15.4 Å². The Kier molecular flexibility index (Phi) is 5.06. The van der Waals surface area contributed by atoms with E-state index in [4.69, 9.17) is 16.3 Å². The fraction of sp³-hybridized carbons (Fsp3) is 0.0435. The van der Waals surface area contributed by atoms with Crippen molar-refractivity contribution in [2.45, 2.75) is 0 Å². The molecular weight excluding hydrogens is 388 g/mol. The maximum atomic E-state index is 12.5. The van der Waals surface area contributed by atoms with Crippen LogP contribution in [0.2, 0.25) is 5.02 Å². The number of methoxy groups -OCH3 is 1. The lowest BCUT2D eigenvalue weighted by Crippen LogP contribution is -2.11. The maximum Gasteiger partial charge on any atom is 0.256 e. The summed E-state index contributed by atoms with van der Waals surface area (Å²) in [4.78, 5) is 24.8. The number of anilines is 2. The molecule has 0 spiro atoms. The van der Waals surface area contributed by atoms with Crippen LogP contribution >= 0.6 is 11.6 Å². The molecule has 0 aliphatic carbocycles. The first-order valence-corrected chi connectivity index (χ1v) is 9.30. The summed E-state index contributed by atoms with van der Waals surface area (Å²) in [6.07, 6.45) is 1.79. The second kappa shape index (κ2) is 7.81. The number of nitrogens with one attached hydrogen (secondary N) is 2. The Hall–Kier alpha value is -3.57. The van der Waals surface area contributed by atoms with E-state index < -0.39 is 0 Å². The molecule has 5 nitrogen and oxygen atoms in total. The van der Waals surface area contributed by atoms with Gasteiger partial charge in [-0.25, -0.2) is 0 Å². The van der Waals surface area contributed by atoms with Crippen molar-refractivity contribution in [3.63, 3.8) is 0 Å². The predicted octanol–water partition coefficient (Wildman–Crippen LogP) is 5.09. The number of rotatable bonds is 4. The fourth-order valence-corrected chi connectivity index (χ4v) is 3.30. The van der Waals surface area contributed by atoms with Crippen molar-refractivity contribution in [3.05, 3.63) is 88.4 Å². The Morgan fingerprint density at radius 3 is 2.62 bits per heavy atom. The first-order valence-electron chi connectivity index (χ1n) is 8.92. The monoisotopic (exact) mass is 404 g/mol. The van der Waals surface area contributed by atoms with Gasteiger partial charge in [0.15, 0.2) is 0 Å². The first kappa shape index (κ1) is 18.8. The SMILES string of the molecule is COc1ccc(C(=O)Nc2cccc(C=C3C(=O)Nc4cc(Cl)ccc43)c2)cc1. The molecule has 1 heterocycles. The summed E-state index contributed by atoms with van der Waals surface area (Å²) in [7, 11) is 1.58. The molecule has 4 rings (SSSR count). The molecule has 0 fully saturated rings. The average Bonchev–Trinajstić information content (AvgIpc) is 3.02. The van der Waals surface area contributed by atoms with E-state index in [9.17, 15) is 9.59 Å². The summed E-state index contributed by atoms with van der Waals surface area (Å²) in [6, 6.07) is 19.5. The molecule has 6 heteroatoms. The molecular formula is C23H17ClN2O3. The van der Waals surface area contributed by atoms with Crippen molar-refractivity contribution in [3.8, 4) is 5.75 Å². The smallest absolute Gasteiger partial charge is 0.256 e. The summed E-state index contributed by atoms with van der Waals surface area (Å²) in [6.45, 7) is 0. The highest BCUT2D eigenvalue weighted by atomic mass is 35.5. The third-order valence-electron chi connectivity index (χ3n) is 4.57. The molecule has 0 saturated carbocycles. The van der Waals surface area contributed by atoms with Crippen molar-refractivity contribution in [1.82, 2.24) is 0 Å². The van der Waals surface area contributed by atoms with Crippen LogP contribution < -0.4 is 15.4 Å². The number of hydrogen-bond acceptors (Lipinski definition) is 3. The van der Waals surface area contributed by atoms with Gasteiger partial charge in [-0.3, -0.25) is 9.59 Å². The number of ether oxygens (including phenoxy) is 1. The van der Waals surface area contributed by atoms with Crippen LogP contribution in [-0.4, -0.2) is 18.9 Å². The Bertz CT molecular complexity index is 1140. The molecule has 3 aromatic rings. The summed E-state index contributed by atoms with van der Waals surface area (Å²) in [5, 5.41) is 6.25. The zero-order valence-electron chi connectivity index (χ0n) is 15.5. The van der Waals surface area contributed by atoms with Crippen molar-refractivity contribution in [1.29, 1.82) is 0 Å². The molecule has 0 atom stereocenters. The van der Waals surface area contributed by atoms with Crippen LogP contribution in [-0.2, 0) is 4.79 Å². The largest absolute Gasteiger partial charge is 0.497 e. The van der Waals surface area contributed by atoms with Crippen LogP contribution in [0.4, 0.5) is 11.4 Å². The second-order valence-corrected chi connectivity index (χ2v) is 6.95. The standard InChI is InChI=1S/C23H17ClN2O3/c1-29-18-8-5-15(6-9-18)22(27)25-17-4-2-3-14(11-17)12-20-19-10-7-16(24)13-21(19)26-23(20)28/h2-13H,1H3,(H,25,27)(H,26,28). The molecule has 2 amide bonds. The Labute approximate surface area is 173 Å². The average molecular weight is 405 g/mol. The van der Waals surface area contributed by atoms with E-state index in [-0.39, 0.29) is 11.8 Å². The van der Waals surface area contributed by atoms with E-state index in [1.54, 1.807) is 55.7 Å². The molecule has 0 radical (unpaired) electrons. The van der Waals surface area contributed by atoms with Gasteiger partial charge >= 0.3 is 0 Å².